The Morgan fingerprint density at radius 3 is 2.55 bits per heavy atom. The van der Waals surface area contributed by atoms with E-state index < -0.39 is 0 Å². The summed E-state index contributed by atoms with van der Waals surface area (Å²) < 4.78 is 6.86. The third-order valence-corrected chi connectivity index (χ3v) is 4.06. The molecule has 2 aromatic heterocycles. The summed E-state index contributed by atoms with van der Waals surface area (Å²) in [5.41, 5.74) is 1.06. The highest BCUT2D eigenvalue weighted by Gasteiger charge is 2.17. The Kier molecular flexibility index (Phi) is 5.01. The monoisotopic (exact) mass is 385 g/mol. The van der Waals surface area contributed by atoms with Gasteiger partial charge in [0.1, 0.15) is 11.6 Å². The molecule has 0 aliphatic heterocycles. The molecule has 108 valence electrons. The minimum atomic E-state index is 0.349. The Hall–Kier alpha value is -1.11. The van der Waals surface area contributed by atoms with E-state index in [1.807, 2.05) is 12.1 Å². The highest BCUT2D eigenvalue weighted by molar-refractivity contribution is 14.1. The van der Waals surface area contributed by atoms with Crippen molar-refractivity contribution in [1.29, 1.82) is 0 Å². The summed E-state index contributed by atoms with van der Waals surface area (Å²) in [7, 11) is 0. The number of anilines is 1. The molecule has 0 fully saturated rings. The second kappa shape index (κ2) is 6.56. The number of aromatic nitrogens is 2. The van der Waals surface area contributed by atoms with Crippen molar-refractivity contribution in [2.75, 3.05) is 11.9 Å². The average Bonchev–Trinajstić information content (AvgIpc) is 2.89. The summed E-state index contributed by atoms with van der Waals surface area (Å²) in [5, 5.41) is 3.30. The molecule has 0 saturated carbocycles. The van der Waals surface area contributed by atoms with Crippen molar-refractivity contribution in [2.45, 2.75) is 40.0 Å². The second-order valence-electron chi connectivity index (χ2n) is 4.90. The van der Waals surface area contributed by atoms with Gasteiger partial charge in [0.05, 0.1) is 9.26 Å². The largest absolute Gasteiger partial charge is 0.458 e. The van der Waals surface area contributed by atoms with E-state index in [0.29, 0.717) is 11.7 Å². The Labute approximate surface area is 133 Å². The normalized spacial score (nSPS) is 11.1. The third-order valence-electron chi connectivity index (χ3n) is 3.00. The van der Waals surface area contributed by atoms with Crippen LogP contribution in [0.2, 0.25) is 0 Å². The van der Waals surface area contributed by atoms with Crippen LogP contribution in [0.3, 0.4) is 0 Å². The molecule has 2 aromatic rings. The van der Waals surface area contributed by atoms with Crippen molar-refractivity contribution in [3.63, 3.8) is 0 Å². The average molecular weight is 385 g/mol. The summed E-state index contributed by atoms with van der Waals surface area (Å²) in [6, 6.07) is 3.93. The van der Waals surface area contributed by atoms with Crippen LogP contribution in [0.1, 0.15) is 45.1 Å². The topological polar surface area (TPSA) is 51.0 Å². The van der Waals surface area contributed by atoms with E-state index in [9.17, 15) is 0 Å². The number of furan rings is 1. The van der Waals surface area contributed by atoms with Gasteiger partial charge < -0.3 is 9.73 Å². The standard InChI is InChI=1S/C15H20IN3O/c1-5-10-7-8-11(20-10)14-18-13(9(3)4)12(16)15(19-14)17-6-2/h7-9H,5-6H2,1-4H3,(H,17,18,19). The van der Waals surface area contributed by atoms with Gasteiger partial charge in [0.25, 0.3) is 0 Å². The van der Waals surface area contributed by atoms with Crippen LogP contribution in [0.5, 0.6) is 0 Å². The van der Waals surface area contributed by atoms with Gasteiger partial charge >= 0.3 is 0 Å². The van der Waals surface area contributed by atoms with Crippen molar-refractivity contribution in [1.82, 2.24) is 9.97 Å². The highest BCUT2D eigenvalue weighted by atomic mass is 127. The van der Waals surface area contributed by atoms with Gasteiger partial charge in [-0.3, -0.25) is 0 Å². The molecule has 0 radical (unpaired) electrons. The van der Waals surface area contributed by atoms with Crippen molar-refractivity contribution in [3.8, 4) is 11.6 Å². The molecule has 0 amide bonds. The maximum Gasteiger partial charge on any atom is 0.197 e. The number of hydrogen-bond acceptors (Lipinski definition) is 4. The van der Waals surface area contributed by atoms with Crippen LogP contribution < -0.4 is 5.32 Å². The van der Waals surface area contributed by atoms with Gasteiger partial charge in [-0.15, -0.1) is 0 Å². The zero-order chi connectivity index (χ0) is 14.7. The van der Waals surface area contributed by atoms with Crippen LogP contribution in [0, 0.1) is 3.57 Å². The summed E-state index contributed by atoms with van der Waals surface area (Å²) in [6.45, 7) is 9.26. The minimum absolute atomic E-state index is 0.349. The Morgan fingerprint density at radius 2 is 2.00 bits per heavy atom. The van der Waals surface area contributed by atoms with Crippen molar-refractivity contribution < 1.29 is 4.42 Å². The number of nitrogens with zero attached hydrogens (tertiary/aromatic N) is 2. The molecule has 20 heavy (non-hydrogen) atoms. The first-order valence-corrected chi connectivity index (χ1v) is 8.05. The fourth-order valence-corrected chi connectivity index (χ4v) is 2.98. The molecule has 0 bridgehead atoms. The van der Waals surface area contributed by atoms with E-state index in [1.165, 1.54) is 0 Å². The van der Waals surface area contributed by atoms with Crippen LogP contribution in [0.15, 0.2) is 16.5 Å². The summed E-state index contributed by atoms with van der Waals surface area (Å²) in [4.78, 5) is 9.28. The molecule has 5 heteroatoms. The third kappa shape index (κ3) is 3.13. The molecule has 0 aliphatic carbocycles. The molecule has 0 aromatic carbocycles. The fourth-order valence-electron chi connectivity index (χ4n) is 1.93. The first kappa shape index (κ1) is 15.3. The molecular weight excluding hydrogens is 365 g/mol. The molecule has 0 spiro atoms. The van der Waals surface area contributed by atoms with Gasteiger partial charge in [-0.2, -0.15) is 0 Å². The minimum Gasteiger partial charge on any atom is -0.458 e. The van der Waals surface area contributed by atoms with E-state index in [4.69, 9.17) is 4.42 Å². The summed E-state index contributed by atoms with van der Waals surface area (Å²) in [6.07, 6.45) is 0.876. The van der Waals surface area contributed by atoms with Gasteiger partial charge in [-0.25, -0.2) is 9.97 Å². The van der Waals surface area contributed by atoms with Crippen molar-refractivity contribution in [3.05, 3.63) is 27.2 Å². The first-order chi connectivity index (χ1) is 9.56. The Morgan fingerprint density at radius 1 is 1.25 bits per heavy atom. The molecule has 1 N–H and O–H groups in total. The molecule has 0 saturated heterocycles. The number of aryl methyl sites for hydroxylation is 1. The summed E-state index contributed by atoms with van der Waals surface area (Å²) in [5.74, 6) is 3.58. The van der Waals surface area contributed by atoms with E-state index in [2.05, 4.69) is 65.6 Å². The molecule has 4 nitrogen and oxygen atoms in total. The number of hydrogen-bond donors (Lipinski definition) is 1. The second-order valence-corrected chi connectivity index (χ2v) is 5.98. The quantitative estimate of drug-likeness (QED) is 0.773. The van der Waals surface area contributed by atoms with E-state index in [-0.39, 0.29) is 0 Å². The van der Waals surface area contributed by atoms with Crippen molar-refractivity contribution >= 4 is 28.4 Å². The smallest absolute Gasteiger partial charge is 0.197 e. The number of halogens is 1. The molecule has 2 rings (SSSR count). The van der Waals surface area contributed by atoms with Crippen LogP contribution in [-0.2, 0) is 6.42 Å². The predicted octanol–water partition coefficient (Wildman–Crippen LogP) is 4.46. The first-order valence-electron chi connectivity index (χ1n) is 6.97. The molecule has 0 atom stereocenters. The van der Waals surface area contributed by atoms with E-state index >= 15 is 0 Å². The van der Waals surface area contributed by atoms with Gasteiger partial charge in [-0.05, 0) is 47.6 Å². The van der Waals surface area contributed by atoms with Crippen LogP contribution >= 0.6 is 22.6 Å². The van der Waals surface area contributed by atoms with E-state index in [0.717, 1.165) is 39.6 Å². The Bertz CT molecular complexity index is 593. The Balaban J connectivity index is 2.52. The SMILES string of the molecule is CCNc1nc(-c2ccc(CC)o2)nc(C(C)C)c1I. The molecular formula is C15H20IN3O. The zero-order valence-corrected chi connectivity index (χ0v) is 14.5. The highest BCUT2D eigenvalue weighted by Crippen LogP contribution is 2.29. The van der Waals surface area contributed by atoms with Crippen LogP contribution in [-0.4, -0.2) is 16.5 Å². The summed E-state index contributed by atoms with van der Waals surface area (Å²) >= 11 is 2.31. The van der Waals surface area contributed by atoms with Gasteiger partial charge in [0, 0.05) is 13.0 Å². The predicted molar refractivity (Wildman–Crippen MR) is 90.1 cm³/mol. The fraction of sp³-hybridized carbons (Fsp3) is 0.467. The maximum absolute atomic E-state index is 5.77. The number of nitrogens with one attached hydrogen (secondary N) is 1. The maximum atomic E-state index is 5.77. The molecule has 0 aliphatic rings. The van der Waals surface area contributed by atoms with E-state index in [1.54, 1.807) is 0 Å². The number of rotatable bonds is 5. The molecule has 0 unspecified atom stereocenters. The zero-order valence-electron chi connectivity index (χ0n) is 12.3. The lowest BCUT2D eigenvalue weighted by atomic mass is 10.1. The lowest BCUT2D eigenvalue weighted by Crippen LogP contribution is -2.08. The lowest BCUT2D eigenvalue weighted by molar-refractivity contribution is 0.525. The van der Waals surface area contributed by atoms with Crippen LogP contribution in [0.4, 0.5) is 5.82 Å². The van der Waals surface area contributed by atoms with Crippen molar-refractivity contribution in [2.24, 2.45) is 0 Å². The lowest BCUT2D eigenvalue weighted by Gasteiger charge is -2.13. The molecule has 2 heterocycles. The van der Waals surface area contributed by atoms with Gasteiger partial charge in [-0.1, -0.05) is 20.8 Å². The van der Waals surface area contributed by atoms with Crippen LogP contribution in [0.25, 0.3) is 11.6 Å². The van der Waals surface area contributed by atoms with Gasteiger partial charge in [0.2, 0.25) is 0 Å². The van der Waals surface area contributed by atoms with Gasteiger partial charge in [0.15, 0.2) is 11.6 Å².